The number of aromatic amines is 1. The molecular formula is C18H32N2O13P2. The fourth-order valence-electron chi connectivity index (χ4n) is 3.23. The first-order valence-corrected chi connectivity index (χ1v) is 14.1. The minimum absolute atomic E-state index is 0.0284. The van der Waals surface area contributed by atoms with Crippen LogP contribution in [-0.4, -0.2) is 89.1 Å². The highest BCUT2D eigenvalue weighted by atomic mass is 31.2. The Bertz CT molecular complexity index is 999. The first kappa shape index (κ1) is 30.0. The summed E-state index contributed by atoms with van der Waals surface area (Å²) in [5.41, 5.74) is -1.50. The van der Waals surface area contributed by atoms with E-state index in [0.717, 1.165) is 16.8 Å². The molecule has 202 valence electrons. The van der Waals surface area contributed by atoms with Crippen LogP contribution in [0, 0.1) is 0 Å². The lowest BCUT2D eigenvalue weighted by Crippen LogP contribution is -2.40. The van der Waals surface area contributed by atoms with Gasteiger partial charge < -0.3 is 33.6 Å². The normalized spacial score (nSPS) is 25.9. The van der Waals surface area contributed by atoms with Gasteiger partial charge >= 0.3 is 21.1 Å². The van der Waals surface area contributed by atoms with Crippen LogP contribution < -0.4 is 11.2 Å². The van der Waals surface area contributed by atoms with Gasteiger partial charge in [0.1, 0.15) is 18.3 Å². The number of aliphatic hydroxyl groups is 1. The molecule has 0 saturated carbocycles. The third-order valence-electron chi connectivity index (χ3n) is 4.91. The van der Waals surface area contributed by atoms with Crippen LogP contribution in [0.2, 0.25) is 0 Å². The Labute approximate surface area is 201 Å². The van der Waals surface area contributed by atoms with Crippen LogP contribution in [0.5, 0.6) is 0 Å². The molecule has 1 aromatic rings. The van der Waals surface area contributed by atoms with Gasteiger partial charge in [0.25, 0.3) is 5.56 Å². The SMILES string of the molecule is CCOCCP(=O)(O)OC[C@H]1O[C@@H](n2ccc(=O)[nH]c2=O)C(OC)[C@H]1OP(=O)(O)OCCCCO. The molecule has 0 aromatic carbocycles. The lowest BCUT2D eigenvalue weighted by atomic mass is 10.1. The number of ether oxygens (including phenoxy) is 3. The Morgan fingerprint density at radius 1 is 1.14 bits per heavy atom. The highest BCUT2D eigenvalue weighted by Crippen LogP contribution is 2.50. The average molecular weight is 546 g/mol. The molecule has 1 aliphatic heterocycles. The predicted octanol–water partition coefficient (Wildman–Crippen LogP) is -0.0378. The minimum Gasteiger partial charge on any atom is -0.396 e. The molecule has 35 heavy (non-hydrogen) atoms. The minimum atomic E-state index is -4.69. The molecule has 2 heterocycles. The molecule has 0 spiro atoms. The number of phosphoric ester groups is 1. The second-order valence-electron chi connectivity index (χ2n) is 7.44. The second kappa shape index (κ2) is 13.9. The molecule has 0 radical (unpaired) electrons. The van der Waals surface area contributed by atoms with E-state index in [2.05, 4.69) is 4.98 Å². The van der Waals surface area contributed by atoms with Crippen LogP contribution in [0.25, 0.3) is 0 Å². The maximum atomic E-state index is 12.5. The fourth-order valence-corrected chi connectivity index (χ4v) is 5.08. The van der Waals surface area contributed by atoms with Gasteiger partial charge in [0.2, 0.25) is 0 Å². The largest absolute Gasteiger partial charge is 0.472 e. The molecule has 17 heteroatoms. The molecule has 0 aliphatic carbocycles. The van der Waals surface area contributed by atoms with E-state index in [1.165, 1.54) is 7.11 Å². The first-order chi connectivity index (χ1) is 16.5. The predicted molar refractivity (Wildman–Crippen MR) is 120 cm³/mol. The lowest BCUT2D eigenvalue weighted by Gasteiger charge is -2.25. The monoisotopic (exact) mass is 546 g/mol. The van der Waals surface area contributed by atoms with Crippen LogP contribution >= 0.6 is 15.4 Å². The Kier molecular flexibility index (Phi) is 11.9. The Morgan fingerprint density at radius 2 is 1.89 bits per heavy atom. The van der Waals surface area contributed by atoms with E-state index in [0.29, 0.717) is 13.0 Å². The zero-order valence-corrected chi connectivity index (χ0v) is 21.2. The molecule has 1 aromatic heterocycles. The maximum absolute atomic E-state index is 12.5. The number of rotatable bonds is 16. The average Bonchev–Trinajstić information content (AvgIpc) is 3.11. The number of unbranched alkanes of at least 4 members (excludes halogenated alkanes) is 1. The Morgan fingerprint density at radius 3 is 2.51 bits per heavy atom. The van der Waals surface area contributed by atoms with E-state index in [4.69, 9.17) is 32.9 Å². The number of methoxy groups -OCH3 is 1. The Balaban J connectivity index is 2.25. The molecular weight excluding hydrogens is 514 g/mol. The van der Waals surface area contributed by atoms with E-state index >= 15 is 0 Å². The van der Waals surface area contributed by atoms with Crippen molar-refractivity contribution in [2.75, 3.05) is 46.3 Å². The van der Waals surface area contributed by atoms with Crippen molar-refractivity contribution in [3.8, 4) is 0 Å². The summed E-state index contributed by atoms with van der Waals surface area (Å²) in [6, 6.07) is 1.06. The van der Waals surface area contributed by atoms with Crippen molar-refractivity contribution in [3.63, 3.8) is 0 Å². The topological polar surface area (TPSA) is 205 Å². The second-order valence-corrected chi connectivity index (χ2v) is 10.8. The van der Waals surface area contributed by atoms with Crippen LogP contribution in [0.4, 0.5) is 0 Å². The molecule has 0 bridgehead atoms. The molecule has 15 nitrogen and oxygen atoms in total. The number of aromatic nitrogens is 2. The summed E-state index contributed by atoms with van der Waals surface area (Å²) in [6.07, 6.45) is -3.61. The van der Waals surface area contributed by atoms with Crippen LogP contribution in [0.15, 0.2) is 21.9 Å². The molecule has 1 saturated heterocycles. The quantitative estimate of drug-likeness (QED) is 0.159. The van der Waals surface area contributed by atoms with Crippen molar-refractivity contribution < 1.29 is 51.8 Å². The van der Waals surface area contributed by atoms with Gasteiger partial charge in [-0.1, -0.05) is 0 Å². The number of hydrogen-bond acceptors (Lipinski definition) is 11. The van der Waals surface area contributed by atoms with Gasteiger partial charge in [-0.3, -0.25) is 28.0 Å². The summed E-state index contributed by atoms with van der Waals surface area (Å²) in [5.74, 6) is 0. The number of aliphatic hydroxyl groups excluding tert-OH is 1. The van der Waals surface area contributed by atoms with E-state index < -0.39 is 57.8 Å². The molecule has 1 aliphatic rings. The van der Waals surface area contributed by atoms with Gasteiger partial charge in [0.05, 0.1) is 26.0 Å². The lowest BCUT2D eigenvalue weighted by molar-refractivity contribution is -0.0609. The van der Waals surface area contributed by atoms with Crippen molar-refractivity contribution in [3.05, 3.63) is 33.1 Å². The van der Waals surface area contributed by atoms with E-state index in [-0.39, 0.29) is 32.4 Å². The summed E-state index contributed by atoms with van der Waals surface area (Å²) in [4.78, 5) is 46.0. The van der Waals surface area contributed by atoms with Gasteiger partial charge in [-0.15, -0.1) is 0 Å². The number of nitrogens with zero attached hydrogens (tertiary/aromatic N) is 1. The summed E-state index contributed by atoms with van der Waals surface area (Å²) in [5, 5.41) is 8.83. The molecule has 3 unspecified atom stereocenters. The maximum Gasteiger partial charge on any atom is 0.472 e. The summed E-state index contributed by atoms with van der Waals surface area (Å²) < 4.78 is 57.4. The molecule has 1 fully saturated rings. The van der Waals surface area contributed by atoms with Gasteiger partial charge in [-0.25, -0.2) is 9.36 Å². The highest BCUT2D eigenvalue weighted by molar-refractivity contribution is 7.52. The van der Waals surface area contributed by atoms with Gasteiger partial charge in [0.15, 0.2) is 6.23 Å². The number of phosphoric acid groups is 1. The molecule has 2 rings (SSSR count). The number of hydrogen-bond donors (Lipinski definition) is 4. The summed E-state index contributed by atoms with van der Waals surface area (Å²) in [6.45, 7) is 1.16. The molecule has 6 atom stereocenters. The zero-order valence-electron chi connectivity index (χ0n) is 19.4. The third kappa shape index (κ3) is 9.30. The van der Waals surface area contributed by atoms with Gasteiger partial charge in [-0.05, 0) is 19.8 Å². The van der Waals surface area contributed by atoms with Gasteiger partial charge in [0, 0.05) is 32.6 Å². The fraction of sp³-hybridized carbons (Fsp3) is 0.778. The summed E-state index contributed by atoms with van der Waals surface area (Å²) in [7, 11) is -7.57. The number of nitrogens with one attached hydrogen (secondary N) is 1. The van der Waals surface area contributed by atoms with Crippen molar-refractivity contribution in [1.29, 1.82) is 0 Å². The molecule has 0 amide bonds. The van der Waals surface area contributed by atoms with Crippen LogP contribution in [0.3, 0.4) is 0 Å². The number of H-pyrrole nitrogens is 1. The van der Waals surface area contributed by atoms with Crippen molar-refractivity contribution in [1.82, 2.24) is 9.55 Å². The first-order valence-electron chi connectivity index (χ1n) is 10.8. The van der Waals surface area contributed by atoms with Crippen LogP contribution in [-0.2, 0) is 36.9 Å². The Hall–Kier alpha value is -1.22. The third-order valence-corrected chi connectivity index (χ3v) is 7.23. The van der Waals surface area contributed by atoms with Crippen molar-refractivity contribution in [2.24, 2.45) is 0 Å². The van der Waals surface area contributed by atoms with Gasteiger partial charge in [-0.2, -0.15) is 0 Å². The smallest absolute Gasteiger partial charge is 0.396 e. The zero-order chi connectivity index (χ0) is 26.1. The highest BCUT2D eigenvalue weighted by Gasteiger charge is 2.50. The van der Waals surface area contributed by atoms with Crippen LogP contribution in [0.1, 0.15) is 26.0 Å². The van der Waals surface area contributed by atoms with E-state index in [1.54, 1.807) is 6.92 Å². The van der Waals surface area contributed by atoms with E-state index in [9.17, 15) is 28.5 Å². The standard InChI is InChI=1S/C18H32N2O13P2/c1-3-29-10-11-34(24,25)31-12-13-15(33-35(26,27)30-9-5-4-8-21)16(28-2)17(32-13)20-7-6-14(22)19-18(20)23/h6-7,13,15-17,21H,3-5,8-12H2,1-2H3,(H,24,25)(H,26,27)(H,19,22,23)/t13-,15+,16?,17-/m1/s1. The van der Waals surface area contributed by atoms with E-state index in [1.807, 2.05) is 0 Å². The van der Waals surface area contributed by atoms with Crippen molar-refractivity contribution in [2.45, 2.75) is 44.3 Å². The van der Waals surface area contributed by atoms with Crippen molar-refractivity contribution >= 4 is 15.4 Å². The summed E-state index contributed by atoms with van der Waals surface area (Å²) >= 11 is 0. The molecule has 4 N–H and O–H groups in total.